The van der Waals surface area contributed by atoms with Crippen LogP contribution in [0.15, 0.2) is 10.1 Å². The molecule has 0 bridgehead atoms. The van der Waals surface area contributed by atoms with Gasteiger partial charge in [-0.2, -0.15) is 5.10 Å². The number of tetrazole rings is 1. The van der Waals surface area contributed by atoms with Crippen LogP contribution < -0.4 is 0 Å². The molecule has 1 aliphatic rings. The third-order valence-electron chi connectivity index (χ3n) is 1.51. The average Bonchev–Trinajstić information content (AvgIpc) is 2.31. The first-order chi connectivity index (χ1) is 5.75. The van der Waals surface area contributed by atoms with Crippen LogP contribution in [-0.4, -0.2) is 31.7 Å². The second-order valence-corrected chi connectivity index (χ2v) is 2.73. The lowest BCUT2D eigenvalue weighted by Gasteiger charge is -1.92. The fraction of sp³-hybridized carbons (Fsp3) is 0.500. The maximum Gasteiger partial charge on any atom is 0.291 e. The van der Waals surface area contributed by atoms with E-state index in [-0.39, 0.29) is 0 Å². The largest absolute Gasteiger partial charge is 0.291 e. The first-order valence-corrected chi connectivity index (χ1v) is 3.63. The highest BCUT2D eigenvalue weighted by Gasteiger charge is 2.09. The summed E-state index contributed by atoms with van der Waals surface area (Å²) in [5, 5.41) is 15.0. The van der Waals surface area contributed by atoms with Crippen LogP contribution in [0.4, 0.5) is 5.95 Å². The van der Waals surface area contributed by atoms with Crippen LogP contribution in [0, 0.1) is 0 Å². The number of aromatic nitrogens is 4. The number of hydrogen-bond acceptors (Lipinski definition) is 5. The molecule has 0 amide bonds. The minimum Gasteiger partial charge on any atom is -0.218 e. The molecule has 12 heavy (non-hydrogen) atoms. The van der Waals surface area contributed by atoms with E-state index < -0.39 is 0 Å². The predicted molar refractivity (Wildman–Crippen MR) is 43.7 cm³/mol. The maximum atomic E-state index is 4.18. The smallest absolute Gasteiger partial charge is 0.218 e. The second-order valence-electron chi connectivity index (χ2n) is 2.73. The molecule has 0 unspecified atom stereocenters. The molecule has 2 rings (SSSR count). The summed E-state index contributed by atoms with van der Waals surface area (Å²) >= 11 is 0. The Kier molecular flexibility index (Phi) is 1.46. The maximum absolute atomic E-state index is 4.18. The Morgan fingerprint density at radius 3 is 2.92 bits per heavy atom. The zero-order valence-corrected chi connectivity index (χ0v) is 6.89. The molecule has 6 nitrogen and oxygen atoms in total. The van der Waals surface area contributed by atoms with E-state index in [2.05, 4.69) is 25.6 Å². The van der Waals surface area contributed by atoms with Gasteiger partial charge >= 0.3 is 0 Å². The number of hydrogen-bond donors (Lipinski definition) is 0. The summed E-state index contributed by atoms with van der Waals surface area (Å²) < 4.78 is 0. The average molecular weight is 164 g/mol. The van der Waals surface area contributed by atoms with Gasteiger partial charge in [-0.3, -0.25) is 0 Å². The molecule has 0 aromatic carbocycles. The van der Waals surface area contributed by atoms with Crippen LogP contribution in [-0.2, 0) is 0 Å². The van der Waals surface area contributed by atoms with Gasteiger partial charge in [0.15, 0.2) is 0 Å². The fourth-order valence-electron chi connectivity index (χ4n) is 1.09. The quantitative estimate of drug-likeness (QED) is 0.557. The van der Waals surface area contributed by atoms with E-state index in [1.54, 1.807) is 0 Å². The molecule has 1 aromatic heterocycles. The van der Waals surface area contributed by atoms with Crippen molar-refractivity contribution in [3.8, 4) is 0 Å². The lowest BCUT2D eigenvalue weighted by Crippen LogP contribution is -2.00. The molecular weight excluding hydrogens is 156 g/mol. The normalized spacial score (nSPS) is 16.2. The monoisotopic (exact) mass is 164 g/mol. The van der Waals surface area contributed by atoms with Crippen LogP contribution in [0.5, 0.6) is 0 Å². The molecule has 0 spiro atoms. The van der Waals surface area contributed by atoms with Crippen LogP contribution in [0.3, 0.4) is 0 Å². The standard InChI is InChI=1S/C6H8N6/c1-4-3-5(2)9-12-6(7-4)8-10-11-12/h3H2,1-2H3. The van der Waals surface area contributed by atoms with Crippen molar-refractivity contribution in [3.05, 3.63) is 0 Å². The molecule has 0 fully saturated rings. The summed E-state index contributed by atoms with van der Waals surface area (Å²) in [5.41, 5.74) is 1.94. The van der Waals surface area contributed by atoms with Gasteiger partial charge in [0.1, 0.15) is 0 Å². The molecule has 0 atom stereocenters. The zero-order chi connectivity index (χ0) is 8.55. The summed E-state index contributed by atoms with van der Waals surface area (Å²) in [7, 11) is 0. The van der Waals surface area contributed by atoms with Crippen LogP contribution in [0.25, 0.3) is 0 Å². The van der Waals surface area contributed by atoms with Crippen LogP contribution in [0.1, 0.15) is 20.3 Å². The van der Waals surface area contributed by atoms with E-state index in [4.69, 9.17) is 0 Å². The van der Waals surface area contributed by atoms with E-state index in [1.165, 1.54) is 4.79 Å². The molecule has 0 radical (unpaired) electrons. The fourth-order valence-corrected chi connectivity index (χ4v) is 1.09. The van der Waals surface area contributed by atoms with Gasteiger partial charge in [-0.1, -0.05) is 9.89 Å². The summed E-state index contributed by atoms with van der Waals surface area (Å²) in [4.78, 5) is 5.52. The van der Waals surface area contributed by atoms with Gasteiger partial charge in [0.2, 0.25) is 0 Å². The molecule has 2 heterocycles. The number of fused-ring (bicyclic) bond motifs is 1. The van der Waals surface area contributed by atoms with Crippen molar-refractivity contribution >= 4 is 17.4 Å². The van der Waals surface area contributed by atoms with Crippen molar-refractivity contribution in [2.75, 3.05) is 0 Å². The van der Waals surface area contributed by atoms with Gasteiger partial charge in [-0.15, -0.1) is 0 Å². The van der Waals surface area contributed by atoms with E-state index >= 15 is 0 Å². The molecule has 0 saturated heterocycles. The Bertz CT molecular complexity index is 327. The third-order valence-corrected chi connectivity index (χ3v) is 1.51. The van der Waals surface area contributed by atoms with Crippen molar-refractivity contribution in [2.45, 2.75) is 20.3 Å². The van der Waals surface area contributed by atoms with Crippen molar-refractivity contribution in [3.63, 3.8) is 0 Å². The van der Waals surface area contributed by atoms with Gasteiger partial charge in [0.05, 0.1) is 0 Å². The molecule has 1 aliphatic heterocycles. The zero-order valence-electron chi connectivity index (χ0n) is 6.89. The third kappa shape index (κ3) is 1.11. The summed E-state index contributed by atoms with van der Waals surface area (Å²) in [5.74, 6) is 0.448. The second kappa shape index (κ2) is 2.47. The van der Waals surface area contributed by atoms with E-state index in [1.807, 2.05) is 13.8 Å². The van der Waals surface area contributed by atoms with Gasteiger partial charge in [0.25, 0.3) is 5.95 Å². The van der Waals surface area contributed by atoms with Crippen molar-refractivity contribution < 1.29 is 0 Å². The van der Waals surface area contributed by atoms with E-state index in [0.29, 0.717) is 5.95 Å². The molecule has 0 saturated carbocycles. The Morgan fingerprint density at radius 2 is 2.08 bits per heavy atom. The Morgan fingerprint density at radius 1 is 1.25 bits per heavy atom. The summed E-state index contributed by atoms with van der Waals surface area (Å²) in [6.07, 6.45) is 0.769. The Hall–Kier alpha value is -1.59. The van der Waals surface area contributed by atoms with Gasteiger partial charge in [-0.05, 0) is 24.3 Å². The van der Waals surface area contributed by atoms with Gasteiger partial charge in [0, 0.05) is 17.8 Å². The minimum atomic E-state index is 0.448. The number of aliphatic imine (C=N–C) groups is 1. The Balaban J connectivity index is 2.56. The highest BCUT2D eigenvalue weighted by molar-refractivity contribution is 6.03. The Labute approximate surface area is 69.0 Å². The number of rotatable bonds is 0. The SMILES string of the molecule is CC1=Nc2nnnn2N=C(C)C1. The molecule has 1 aromatic rings. The lowest BCUT2D eigenvalue weighted by molar-refractivity contribution is 0.693. The molecular formula is C6H8N6. The predicted octanol–water partition coefficient (Wildman–Crippen LogP) is 0.393. The van der Waals surface area contributed by atoms with Gasteiger partial charge < -0.3 is 0 Å². The lowest BCUT2D eigenvalue weighted by atomic mass is 10.2. The van der Waals surface area contributed by atoms with Crippen LogP contribution >= 0.6 is 0 Å². The minimum absolute atomic E-state index is 0.448. The van der Waals surface area contributed by atoms with Crippen molar-refractivity contribution in [2.24, 2.45) is 10.1 Å². The molecule has 0 N–H and O–H groups in total. The van der Waals surface area contributed by atoms with E-state index in [9.17, 15) is 0 Å². The van der Waals surface area contributed by atoms with Gasteiger partial charge in [-0.25, -0.2) is 4.99 Å². The molecule has 62 valence electrons. The van der Waals surface area contributed by atoms with E-state index in [0.717, 1.165) is 17.8 Å². The summed E-state index contributed by atoms with van der Waals surface area (Å²) in [6, 6.07) is 0. The first-order valence-electron chi connectivity index (χ1n) is 3.63. The first kappa shape index (κ1) is 7.08. The molecule has 6 heteroatoms. The topological polar surface area (TPSA) is 68.3 Å². The van der Waals surface area contributed by atoms with Crippen LogP contribution in [0.2, 0.25) is 0 Å². The highest BCUT2D eigenvalue weighted by Crippen LogP contribution is 2.10. The number of nitrogens with zero attached hydrogens (tertiary/aromatic N) is 6. The highest BCUT2D eigenvalue weighted by atomic mass is 15.7. The molecule has 0 aliphatic carbocycles. The summed E-state index contributed by atoms with van der Waals surface area (Å²) in [6.45, 7) is 3.86. The van der Waals surface area contributed by atoms with Crippen molar-refractivity contribution in [1.82, 2.24) is 20.3 Å². The van der Waals surface area contributed by atoms with Crippen molar-refractivity contribution in [1.29, 1.82) is 0 Å².